The minimum atomic E-state index is -0.842. The number of nitrogens with one attached hydrogen (secondary N) is 2. The summed E-state index contributed by atoms with van der Waals surface area (Å²) in [5.41, 5.74) is 2.28. The van der Waals surface area contributed by atoms with Gasteiger partial charge in [0, 0.05) is 35.3 Å². The highest BCUT2D eigenvalue weighted by Gasteiger charge is 2.07. The van der Waals surface area contributed by atoms with Crippen LogP contribution in [0, 0.1) is 0 Å². The summed E-state index contributed by atoms with van der Waals surface area (Å²) in [4.78, 5) is 34.3. The Labute approximate surface area is 160 Å². The van der Waals surface area contributed by atoms with Crippen molar-refractivity contribution < 1.29 is 19.5 Å². The van der Waals surface area contributed by atoms with Gasteiger partial charge < -0.3 is 15.7 Å². The number of carbonyl (C=O) groups is 3. The molecule has 1 aromatic heterocycles. The van der Waals surface area contributed by atoms with E-state index in [2.05, 4.69) is 10.6 Å². The maximum absolute atomic E-state index is 12.0. The minimum Gasteiger partial charge on any atom is -0.481 e. The highest BCUT2D eigenvalue weighted by atomic mass is 32.2. The van der Waals surface area contributed by atoms with Gasteiger partial charge in [0.2, 0.25) is 5.91 Å². The van der Waals surface area contributed by atoms with Gasteiger partial charge in [-0.15, -0.1) is 11.8 Å². The molecule has 3 N–H and O–H groups in total. The SMILES string of the molecule is O=C(O)CSCc1cccc(NC(=O)CCCNC(=O)c2ccsc2)c1. The first-order valence-electron chi connectivity index (χ1n) is 8.03. The maximum Gasteiger partial charge on any atom is 0.313 e. The zero-order valence-corrected chi connectivity index (χ0v) is 15.7. The summed E-state index contributed by atoms with van der Waals surface area (Å²) >= 11 is 2.77. The number of carboxylic acid groups (broad SMARTS) is 1. The number of aliphatic carboxylic acids is 1. The van der Waals surface area contributed by atoms with Crippen molar-refractivity contribution in [2.24, 2.45) is 0 Å². The van der Waals surface area contributed by atoms with Crippen LogP contribution in [0.2, 0.25) is 0 Å². The number of benzene rings is 1. The Bertz CT molecular complexity index is 747. The van der Waals surface area contributed by atoms with Gasteiger partial charge in [-0.2, -0.15) is 11.3 Å². The molecule has 6 nitrogen and oxygen atoms in total. The summed E-state index contributed by atoms with van der Waals surface area (Å²) in [6.07, 6.45) is 0.859. The summed E-state index contributed by atoms with van der Waals surface area (Å²) in [6.45, 7) is 0.438. The molecule has 0 bridgehead atoms. The molecule has 0 spiro atoms. The smallest absolute Gasteiger partial charge is 0.313 e. The molecule has 0 atom stereocenters. The molecule has 8 heteroatoms. The van der Waals surface area contributed by atoms with Crippen molar-refractivity contribution in [3.8, 4) is 0 Å². The molecule has 0 radical (unpaired) electrons. The number of hydrogen-bond acceptors (Lipinski definition) is 5. The third kappa shape index (κ3) is 7.28. The predicted molar refractivity (Wildman–Crippen MR) is 105 cm³/mol. The van der Waals surface area contributed by atoms with E-state index >= 15 is 0 Å². The Morgan fingerprint density at radius 1 is 1.19 bits per heavy atom. The predicted octanol–water partition coefficient (Wildman–Crippen LogP) is 3.21. The van der Waals surface area contributed by atoms with Gasteiger partial charge >= 0.3 is 5.97 Å². The Morgan fingerprint density at radius 2 is 2.04 bits per heavy atom. The molecule has 138 valence electrons. The van der Waals surface area contributed by atoms with Crippen LogP contribution < -0.4 is 10.6 Å². The standard InChI is InChI=1S/C18H20N2O4S2/c21-16(5-2-7-19-18(24)14-6-8-25-11-14)20-15-4-1-3-13(9-15)10-26-12-17(22)23/h1,3-4,6,8-9,11H,2,5,7,10,12H2,(H,19,24)(H,20,21)(H,22,23). The summed E-state index contributed by atoms with van der Waals surface area (Å²) in [5.74, 6) is -0.466. The molecular weight excluding hydrogens is 372 g/mol. The lowest BCUT2D eigenvalue weighted by Crippen LogP contribution is -2.25. The second-order valence-electron chi connectivity index (χ2n) is 5.51. The van der Waals surface area contributed by atoms with Gasteiger partial charge in [0.25, 0.3) is 5.91 Å². The Hall–Kier alpha value is -2.32. The molecule has 0 aliphatic carbocycles. The Balaban J connectivity index is 1.68. The first kappa shape index (κ1) is 20.0. The lowest BCUT2D eigenvalue weighted by molar-refractivity contribution is -0.133. The van der Waals surface area contributed by atoms with Crippen LogP contribution in [-0.2, 0) is 15.3 Å². The third-order valence-corrected chi connectivity index (χ3v) is 5.03. The monoisotopic (exact) mass is 392 g/mol. The highest BCUT2D eigenvalue weighted by Crippen LogP contribution is 2.16. The van der Waals surface area contributed by atoms with Crippen LogP contribution in [0.5, 0.6) is 0 Å². The number of hydrogen-bond donors (Lipinski definition) is 3. The van der Waals surface area contributed by atoms with E-state index in [0.29, 0.717) is 36.4 Å². The lowest BCUT2D eigenvalue weighted by Gasteiger charge is -2.08. The zero-order chi connectivity index (χ0) is 18.8. The van der Waals surface area contributed by atoms with Gasteiger partial charge in [-0.1, -0.05) is 12.1 Å². The number of carboxylic acids is 1. The van der Waals surface area contributed by atoms with E-state index in [1.165, 1.54) is 23.1 Å². The average molecular weight is 393 g/mol. The van der Waals surface area contributed by atoms with Crippen molar-refractivity contribution in [2.45, 2.75) is 18.6 Å². The van der Waals surface area contributed by atoms with E-state index in [-0.39, 0.29) is 17.6 Å². The largest absolute Gasteiger partial charge is 0.481 e. The second kappa shape index (κ2) is 10.6. The van der Waals surface area contributed by atoms with Crippen LogP contribution in [0.4, 0.5) is 5.69 Å². The normalized spacial score (nSPS) is 10.3. The van der Waals surface area contributed by atoms with Crippen molar-refractivity contribution in [2.75, 3.05) is 17.6 Å². The van der Waals surface area contributed by atoms with Crippen molar-refractivity contribution in [1.82, 2.24) is 5.32 Å². The van der Waals surface area contributed by atoms with E-state index in [0.717, 1.165) is 5.56 Å². The fourth-order valence-electron chi connectivity index (χ4n) is 2.17. The molecule has 0 aliphatic heterocycles. The van der Waals surface area contributed by atoms with Gasteiger partial charge in [0.05, 0.1) is 5.75 Å². The molecule has 2 amide bonds. The number of thiophene rings is 1. The zero-order valence-electron chi connectivity index (χ0n) is 14.1. The van der Waals surface area contributed by atoms with Crippen LogP contribution in [0.25, 0.3) is 0 Å². The third-order valence-electron chi connectivity index (χ3n) is 3.35. The molecule has 2 rings (SSSR count). The molecule has 1 heterocycles. The minimum absolute atomic E-state index is 0.0493. The van der Waals surface area contributed by atoms with Crippen LogP contribution >= 0.6 is 23.1 Å². The molecule has 0 aliphatic rings. The van der Waals surface area contributed by atoms with Crippen molar-refractivity contribution >= 4 is 46.6 Å². The lowest BCUT2D eigenvalue weighted by atomic mass is 10.2. The maximum atomic E-state index is 12.0. The quantitative estimate of drug-likeness (QED) is 0.540. The summed E-state index contributed by atoms with van der Waals surface area (Å²) < 4.78 is 0. The van der Waals surface area contributed by atoms with E-state index in [1.807, 2.05) is 23.6 Å². The fraction of sp³-hybridized carbons (Fsp3) is 0.278. The molecule has 2 aromatic rings. The highest BCUT2D eigenvalue weighted by molar-refractivity contribution is 7.99. The number of carbonyl (C=O) groups excluding carboxylic acids is 2. The molecule has 1 aromatic carbocycles. The van der Waals surface area contributed by atoms with Gasteiger partial charge in [-0.05, 0) is 35.6 Å². The van der Waals surface area contributed by atoms with E-state index in [1.54, 1.807) is 17.5 Å². The fourth-order valence-corrected chi connectivity index (χ4v) is 3.49. The van der Waals surface area contributed by atoms with E-state index < -0.39 is 5.97 Å². The Kier molecular flexibility index (Phi) is 8.17. The summed E-state index contributed by atoms with van der Waals surface area (Å²) in [6, 6.07) is 9.11. The molecule has 0 fully saturated rings. The van der Waals surface area contributed by atoms with Gasteiger partial charge in [-0.3, -0.25) is 14.4 Å². The van der Waals surface area contributed by atoms with Crippen molar-refractivity contribution in [1.29, 1.82) is 0 Å². The molecule has 0 unspecified atom stereocenters. The first-order chi connectivity index (χ1) is 12.5. The second-order valence-corrected chi connectivity index (χ2v) is 7.27. The number of thioether (sulfide) groups is 1. The van der Waals surface area contributed by atoms with E-state index in [4.69, 9.17) is 5.11 Å². The van der Waals surface area contributed by atoms with Crippen LogP contribution in [0.3, 0.4) is 0 Å². The molecular formula is C18H20N2O4S2. The number of amides is 2. The van der Waals surface area contributed by atoms with Crippen LogP contribution in [0.1, 0.15) is 28.8 Å². The topological polar surface area (TPSA) is 95.5 Å². The first-order valence-corrected chi connectivity index (χ1v) is 10.1. The Morgan fingerprint density at radius 3 is 2.77 bits per heavy atom. The summed E-state index contributed by atoms with van der Waals surface area (Å²) in [5, 5.41) is 17.9. The average Bonchev–Trinajstić information content (AvgIpc) is 3.13. The van der Waals surface area contributed by atoms with Crippen molar-refractivity contribution in [3.05, 3.63) is 52.2 Å². The molecule has 26 heavy (non-hydrogen) atoms. The van der Waals surface area contributed by atoms with Gasteiger partial charge in [-0.25, -0.2) is 0 Å². The summed E-state index contributed by atoms with van der Waals surface area (Å²) in [7, 11) is 0. The van der Waals surface area contributed by atoms with E-state index in [9.17, 15) is 14.4 Å². The number of rotatable bonds is 10. The van der Waals surface area contributed by atoms with Crippen LogP contribution in [-0.4, -0.2) is 35.2 Å². The van der Waals surface area contributed by atoms with Crippen molar-refractivity contribution in [3.63, 3.8) is 0 Å². The van der Waals surface area contributed by atoms with Crippen LogP contribution in [0.15, 0.2) is 41.1 Å². The number of anilines is 1. The molecule has 0 saturated carbocycles. The van der Waals surface area contributed by atoms with Gasteiger partial charge in [0.15, 0.2) is 0 Å². The van der Waals surface area contributed by atoms with Gasteiger partial charge in [0.1, 0.15) is 0 Å². The molecule has 0 saturated heterocycles.